The number of carboxylic acids is 1. The molecule has 3 nitrogen and oxygen atoms in total. The Balaban J connectivity index is 2.69. The first-order chi connectivity index (χ1) is 7.79. The van der Waals surface area contributed by atoms with Gasteiger partial charge in [-0.2, -0.15) is 13.2 Å². The summed E-state index contributed by atoms with van der Waals surface area (Å²) in [4.78, 5) is 13.0. The molecule has 0 aliphatic carbocycles. The highest BCUT2D eigenvalue weighted by Crippen LogP contribution is 2.35. The summed E-state index contributed by atoms with van der Waals surface area (Å²) in [6.07, 6.45) is -4.52. The molecule has 2 aromatic rings. The van der Waals surface area contributed by atoms with Gasteiger partial charge in [-0.15, -0.1) is 0 Å². The predicted molar refractivity (Wildman–Crippen MR) is 55.3 cm³/mol. The highest BCUT2D eigenvalue weighted by atomic mass is 35.5. The lowest BCUT2D eigenvalue weighted by Gasteiger charge is -2.07. The molecule has 0 atom stereocenters. The lowest BCUT2D eigenvalue weighted by Crippen LogP contribution is -2.04. The summed E-state index contributed by atoms with van der Waals surface area (Å²) in [5.41, 5.74) is -1.09. The normalized spacial score (nSPS) is 12.0. The Labute approximate surface area is 97.8 Å². The van der Waals surface area contributed by atoms with E-state index in [0.717, 1.165) is 12.1 Å². The molecule has 17 heavy (non-hydrogen) atoms. The summed E-state index contributed by atoms with van der Waals surface area (Å²) < 4.78 is 37.4. The zero-order valence-electron chi connectivity index (χ0n) is 8.10. The molecular weight excluding hydrogens is 259 g/mol. The molecule has 0 aliphatic heterocycles. The van der Waals surface area contributed by atoms with Crippen molar-refractivity contribution in [2.45, 2.75) is 6.18 Å². The van der Waals surface area contributed by atoms with Crippen LogP contribution in [0.15, 0.2) is 18.2 Å². The molecule has 0 fully saturated rings. The third-order valence-electron chi connectivity index (χ3n) is 2.25. The molecule has 1 aromatic heterocycles. The van der Waals surface area contributed by atoms with E-state index in [9.17, 15) is 18.0 Å². The van der Waals surface area contributed by atoms with Gasteiger partial charge in [0, 0.05) is 10.9 Å². The minimum Gasteiger partial charge on any atom is -0.477 e. The maximum Gasteiger partial charge on any atom is 0.416 e. The topological polar surface area (TPSA) is 53.1 Å². The standard InChI is InChI=1S/C10H5ClF3NO2/c11-6-1-4(10(12,13)14)2-7-5(6)3-8(15-7)9(16)17/h1-3,15H,(H,16,17). The molecule has 0 saturated carbocycles. The number of fused-ring (bicyclic) bond motifs is 1. The first-order valence-electron chi connectivity index (χ1n) is 4.42. The average molecular weight is 264 g/mol. The monoisotopic (exact) mass is 263 g/mol. The number of aromatic nitrogens is 1. The van der Waals surface area contributed by atoms with Crippen molar-refractivity contribution in [1.29, 1.82) is 0 Å². The van der Waals surface area contributed by atoms with Crippen molar-refractivity contribution in [2.24, 2.45) is 0 Å². The first kappa shape index (κ1) is 11.8. The molecule has 0 spiro atoms. The maximum atomic E-state index is 12.5. The minimum absolute atomic E-state index is 0.0437. The zero-order valence-corrected chi connectivity index (χ0v) is 8.86. The Bertz CT molecular complexity index is 603. The number of alkyl halides is 3. The van der Waals surface area contributed by atoms with E-state index in [4.69, 9.17) is 16.7 Å². The summed E-state index contributed by atoms with van der Waals surface area (Å²) >= 11 is 5.67. The smallest absolute Gasteiger partial charge is 0.416 e. The number of hydrogen-bond donors (Lipinski definition) is 2. The number of benzene rings is 1. The SMILES string of the molecule is O=C(O)c1cc2c(Cl)cc(C(F)(F)F)cc2[nH]1. The van der Waals surface area contributed by atoms with Crippen LogP contribution in [0.1, 0.15) is 16.1 Å². The Morgan fingerprint density at radius 3 is 2.47 bits per heavy atom. The van der Waals surface area contributed by atoms with Crippen LogP contribution in [0.2, 0.25) is 5.02 Å². The molecule has 1 heterocycles. The summed E-state index contributed by atoms with van der Waals surface area (Å²) in [6, 6.07) is 2.79. The maximum absolute atomic E-state index is 12.5. The fourth-order valence-corrected chi connectivity index (χ4v) is 1.75. The molecular formula is C10H5ClF3NO2. The van der Waals surface area contributed by atoms with E-state index < -0.39 is 17.7 Å². The van der Waals surface area contributed by atoms with Crippen LogP contribution in [-0.4, -0.2) is 16.1 Å². The van der Waals surface area contributed by atoms with E-state index >= 15 is 0 Å². The summed E-state index contributed by atoms with van der Waals surface area (Å²) in [5.74, 6) is -1.26. The number of aromatic carboxylic acids is 1. The number of carbonyl (C=O) groups is 1. The number of nitrogens with one attached hydrogen (secondary N) is 1. The van der Waals surface area contributed by atoms with Gasteiger partial charge in [0.2, 0.25) is 0 Å². The molecule has 2 rings (SSSR count). The van der Waals surface area contributed by atoms with Crippen LogP contribution >= 0.6 is 11.6 Å². The van der Waals surface area contributed by atoms with Crippen LogP contribution in [0.3, 0.4) is 0 Å². The van der Waals surface area contributed by atoms with Gasteiger partial charge in [-0.25, -0.2) is 4.79 Å². The van der Waals surface area contributed by atoms with Crippen molar-refractivity contribution in [3.8, 4) is 0 Å². The van der Waals surface area contributed by atoms with Crippen LogP contribution in [0.4, 0.5) is 13.2 Å². The third-order valence-corrected chi connectivity index (χ3v) is 2.56. The molecule has 90 valence electrons. The van der Waals surface area contributed by atoms with Gasteiger partial charge in [-0.1, -0.05) is 11.6 Å². The second kappa shape index (κ2) is 3.66. The van der Waals surface area contributed by atoms with Crippen LogP contribution in [-0.2, 0) is 6.18 Å². The number of rotatable bonds is 1. The molecule has 0 saturated heterocycles. The van der Waals surface area contributed by atoms with E-state index in [2.05, 4.69) is 4.98 Å². The lowest BCUT2D eigenvalue weighted by molar-refractivity contribution is -0.137. The van der Waals surface area contributed by atoms with Gasteiger partial charge in [-0.3, -0.25) is 0 Å². The van der Waals surface area contributed by atoms with Crippen molar-refractivity contribution in [2.75, 3.05) is 0 Å². The molecule has 0 amide bonds. The molecule has 7 heteroatoms. The zero-order chi connectivity index (χ0) is 12.8. The first-order valence-corrected chi connectivity index (χ1v) is 4.79. The molecule has 1 aromatic carbocycles. The van der Waals surface area contributed by atoms with Gasteiger partial charge in [0.1, 0.15) is 5.69 Å². The van der Waals surface area contributed by atoms with E-state index in [1.54, 1.807) is 0 Å². The van der Waals surface area contributed by atoms with Crippen molar-refractivity contribution in [3.05, 3.63) is 34.5 Å². The lowest BCUT2D eigenvalue weighted by atomic mass is 10.1. The molecule has 2 N–H and O–H groups in total. The molecule has 0 unspecified atom stereocenters. The van der Waals surface area contributed by atoms with Gasteiger partial charge in [0.15, 0.2) is 0 Å². The van der Waals surface area contributed by atoms with Crippen LogP contribution in [0.5, 0.6) is 0 Å². The van der Waals surface area contributed by atoms with Gasteiger partial charge in [-0.05, 0) is 18.2 Å². The second-order valence-electron chi connectivity index (χ2n) is 3.41. The number of carboxylic acid groups (broad SMARTS) is 1. The van der Waals surface area contributed by atoms with Gasteiger partial charge >= 0.3 is 12.1 Å². The van der Waals surface area contributed by atoms with E-state index in [-0.39, 0.29) is 21.6 Å². The molecule has 0 radical (unpaired) electrons. The fourth-order valence-electron chi connectivity index (χ4n) is 1.47. The van der Waals surface area contributed by atoms with Gasteiger partial charge < -0.3 is 10.1 Å². The minimum atomic E-state index is -4.52. The van der Waals surface area contributed by atoms with Crippen LogP contribution in [0, 0.1) is 0 Å². The van der Waals surface area contributed by atoms with E-state index in [1.807, 2.05) is 0 Å². The highest BCUT2D eigenvalue weighted by Gasteiger charge is 2.31. The van der Waals surface area contributed by atoms with Crippen LogP contribution in [0.25, 0.3) is 10.9 Å². The van der Waals surface area contributed by atoms with Gasteiger partial charge in [0.05, 0.1) is 10.6 Å². The number of aromatic amines is 1. The van der Waals surface area contributed by atoms with Crippen molar-refractivity contribution < 1.29 is 23.1 Å². The Morgan fingerprint density at radius 1 is 1.29 bits per heavy atom. The van der Waals surface area contributed by atoms with Crippen molar-refractivity contribution >= 4 is 28.5 Å². The van der Waals surface area contributed by atoms with Crippen molar-refractivity contribution in [3.63, 3.8) is 0 Å². The largest absolute Gasteiger partial charge is 0.477 e. The summed E-state index contributed by atoms with van der Waals surface area (Å²) in [5, 5.41) is 8.82. The van der Waals surface area contributed by atoms with Crippen molar-refractivity contribution in [1.82, 2.24) is 4.98 Å². The fraction of sp³-hybridized carbons (Fsp3) is 0.100. The number of H-pyrrole nitrogens is 1. The average Bonchev–Trinajstić information content (AvgIpc) is 2.60. The molecule has 0 bridgehead atoms. The van der Waals surface area contributed by atoms with Crippen LogP contribution < -0.4 is 0 Å². The number of hydrogen-bond acceptors (Lipinski definition) is 1. The summed E-state index contributed by atoms with van der Waals surface area (Å²) in [6.45, 7) is 0. The quantitative estimate of drug-likeness (QED) is 0.827. The predicted octanol–water partition coefficient (Wildman–Crippen LogP) is 3.54. The van der Waals surface area contributed by atoms with E-state index in [1.165, 1.54) is 6.07 Å². The summed E-state index contributed by atoms with van der Waals surface area (Å²) in [7, 11) is 0. The van der Waals surface area contributed by atoms with E-state index in [0.29, 0.717) is 0 Å². The Hall–Kier alpha value is -1.69. The number of halogens is 4. The molecule has 0 aliphatic rings. The Kier molecular flexibility index (Phi) is 2.54. The third kappa shape index (κ3) is 2.08. The second-order valence-corrected chi connectivity index (χ2v) is 3.81. The Morgan fingerprint density at radius 2 is 1.94 bits per heavy atom. The van der Waals surface area contributed by atoms with Gasteiger partial charge in [0.25, 0.3) is 0 Å². The highest BCUT2D eigenvalue weighted by molar-refractivity contribution is 6.35.